The van der Waals surface area contributed by atoms with Gasteiger partial charge in [0.1, 0.15) is 33.9 Å². The third-order valence-corrected chi connectivity index (χ3v) is 15.1. The summed E-state index contributed by atoms with van der Waals surface area (Å²) in [6, 6.07) is 19.3. The van der Waals surface area contributed by atoms with Crippen molar-refractivity contribution in [2.24, 2.45) is 28.7 Å². The molecule has 3 aromatic carbocycles. The smallest absolute Gasteiger partial charge is 0.407 e. The minimum absolute atomic E-state index is 0.0348. The summed E-state index contributed by atoms with van der Waals surface area (Å²) in [7, 11) is 2.61. The highest BCUT2D eigenvalue weighted by Gasteiger charge is 2.58. The highest BCUT2D eigenvalue weighted by atomic mass is 35.5. The second-order valence-corrected chi connectivity index (χ2v) is 19.5. The molecule has 10 rings (SSSR count). The number of likely N-dealkylation sites (tertiary alicyclic amines) is 2. The summed E-state index contributed by atoms with van der Waals surface area (Å²) in [5.74, 6) is 1.07. The highest BCUT2D eigenvalue weighted by Crippen LogP contribution is 2.54. The monoisotopic (exact) mass is 921 g/mol. The molecule has 0 unspecified atom stereocenters. The summed E-state index contributed by atoms with van der Waals surface area (Å²) < 4.78 is 15.3. The van der Waals surface area contributed by atoms with Gasteiger partial charge in [-0.1, -0.05) is 85.6 Å². The number of rotatable bonds is 11. The van der Waals surface area contributed by atoms with Crippen molar-refractivity contribution >= 4 is 69.3 Å². The van der Waals surface area contributed by atoms with Crippen molar-refractivity contribution in [1.29, 1.82) is 0 Å². The Bertz CT molecular complexity index is 2620. The summed E-state index contributed by atoms with van der Waals surface area (Å²) in [5.41, 5.74) is 6.36. The molecule has 0 bridgehead atoms. The Morgan fingerprint density at radius 1 is 0.754 bits per heavy atom. The predicted octanol–water partition coefficient (Wildman–Crippen LogP) is 8.49. The number of aliphatic imine (C=N–C) groups is 1. The number of nitrogens with zero attached hydrogens (tertiary/aromatic N) is 4. The lowest BCUT2D eigenvalue weighted by molar-refractivity contribution is -0.137. The van der Waals surface area contributed by atoms with Gasteiger partial charge in [0, 0.05) is 48.6 Å². The molecule has 2 aliphatic carbocycles. The standard InChI is InChI=1S/C49H53Cl2N7O7/c1-24(2)40(54-48(61)63-3)46(59)58-37-20-33(37)22-39(58)45-53-41(44(51)56-45)26-7-5-25(6-8-26)28-9-10-30-18-31(12-11-29(30)17-28)34-23-35(52-43(34)50)38-21-32-19-36(32)57(38)47(60)42(55-49(62)64-4)27-13-15-65-16-14-27/h5-12,17-18,24,27,32-33,36-40,42H,13-16,19-23H2,1-4H3,(H,53,56)(H,54,61)(H,55,62)/t32-,33-,36-,37-,38+,39+,40+,42+/m1/s1. The van der Waals surface area contributed by atoms with Crippen LogP contribution in [-0.2, 0) is 23.8 Å². The van der Waals surface area contributed by atoms with Crippen molar-refractivity contribution in [3.8, 4) is 22.4 Å². The summed E-state index contributed by atoms with van der Waals surface area (Å²) >= 11 is 13.7. The quantitative estimate of drug-likeness (QED) is 0.126. The molecule has 4 aromatic rings. The Balaban J connectivity index is 0.819. The average Bonchev–Trinajstić information content (AvgIpc) is 4.03. The van der Waals surface area contributed by atoms with Crippen LogP contribution in [-0.4, -0.2) is 107 Å². The molecule has 5 heterocycles. The second-order valence-electron chi connectivity index (χ2n) is 18.7. The summed E-state index contributed by atoms with van der Waals surface area (Å²) in [6.45, 7) is 4.92. The number of amides is 4. The van der Waals surface area contributed by atoms with Crippen LogP contribution in [0.1, 0.15) is 76.2 Å². The first-order chi connectivity index (χ1) is 31.4. The minimum atomic E-state index is -0.718. The van der Waals surface area contributed by atoms with Gasteiger partial charge in [0.2, 0.25) is 11.8 Å². The van der Waals surface area contributed by atoms with E-state index >= 15 is 0 Å². The number of fused-ring (bicyclic) bond motifs is 3. The van der Waals surface area contributed by atoms with Gasteiger partial charge in [0.05, 0.1) is 26.3 Å². The number of ether oxygens (including phenoxy) is 3. The second kappa shape index (κ2) is 17.4. The van der Waals surface area contributed by atoms with Crippen molar-refractivity contribution in [1.82, 2.24) is 30.4 Å². The van der Waals surface area contributed by atoms with Crippen molar-refractivity contribution < 1.29 is 33.4 Å². The molecule has 1 aromatic heterocycles. The van der Waals surface area contributed by atoms with E-state index in [1.54, 1.807) is 0 Å². The summed E-state index contributed by atoms with van der Waals surface area (Å²) in [4.78, 5) is 69.7. The van der Waals surface area contributed by atoms with Crippen LogP contribution >= 0.6 is 23.2 Å². The Labute approximate surface area is 387 Å². The van der Waals surface area contributed by atoms with Crippen LogP contribution in [0, 0.1) is 23.7 Å². The molecule has 65 heavy (non-hydrogen) atoms. The lowest BCUT2D eigenvalue weighted by Gasteiger charge is -2.36. The van der Waals surface area contributed by atoms with Crippen LogP contribution in [0.25, 0.3) is 38.7 Å². The Hall–Kier alpha value is -5.44. The molecule has 4 amide bonds. The van der Waals surface area contributed by atoms with Crippen molar-refractivity contribution in [2.45, 2.75) is 95.0 Å². The Kier molecular flexibility index (Phi) is 11.6. The molecular weight excluding hydrogens is 869 g/mol. The maximum Gasteiger partial charge on any atom is 0.407 e. The number of aromatic amines is 1. The number of halogens is 2. The van der Waals surface area contributed by atoms with E-state index in [9.17, 15) is 19.2 Å². The number of hydrogen-bond acceptors (Lipinski definition) is 9. The first-order valence-electron chi connectivity index (χ1n) is 22.7. The lowest BCUT2D eigenvalue weighted by Crippen LogP contribution is -2.56. The molecule has 3 saturated heterocycles. The van der Waals surface area contributed by atoms with Crippen molar-refractivity contribution in [3.63, 3.8) is 0 Å². The number of hydrogen-bond donors (Lipinski definition) is 3. The Morgan fingerprint density at radius 3 is 2.00 bits per heavy atom. The van der Waals surface area contributed by atoms with E-state index in [0.717, 1.165) is 70.0 Å². The van der Waals surface area contributed by atoms with Gasteiger partial charge in [-0.2, -0.15) is 0 Å². The zero-order valence-electron chi connectivity index (χ0n) is 36.8. The number of aromatic nitrogens is 2. The molecule has 3 N–H and O–H groups in total. The fraction of sp³-hybridized carbons (Fsp3) is 0.469. The molecule has 8 atom stereocenters. The van der Waals surface area contributed by atoms with Crippen LogP contribution in [0.3, 0.4) is 0 Å². The van der Waals surface area contributed by atoms with E-state index in [1.807, 2.05) is 35.8 Å². The van der Waals surface area contributed by atoms with Crippen molar-refractivity contribution in [3.05, 3.63) is 82.4 Å². The van der Waals surface area contributed by atoms with Crippen LogP contribution in [0.5, 0.6) is 0 Å². The first-order valence-corrected chi connectivity index (χ1v) is 23.4. The zero-order chi connectivity index (χ0) is 45.3. The van der Waals surface area contributed by atoms with E-state index in [2.05, 4.69) is 64.1 Å². The van der Waals surface area contributed by atoms with E-state index in [4.69, 9.17) is 47.4 Å². The topological polar surface area (TPSA) is 168 Å². The Morgan fingerprint density at radius 2 is 1.34 bits per heavy atom. The fourth-order valence-electron chi connectivity index (χ4n) is 10.8. The number of H-pyrrole nitrogens is 1. The van der Waals surface area contributed by atoms with Gasteiger partial charge in [-0.05, 0) is 102 Å². The molecular formula is C49H53Cl2N7O7. The van der Waals surface area contributed by atoms with Gasteiger partial charge in [-0.25, -0.2) is 19.6 Å². The number of carbonyl (C=O) groups excluding carboxylic acids is 4. The van der Waals surface area contributed by atoms with Gasteiger partial charge in [-0.15, -0.1) is 0 Å². The SMILES string of the molecule is COC(=O)N[C@H](C(=O)N1[C@@H]2C[C@@H]2C[C@H]1c1nc(-c2ccc(-c3ccc4cc(C5=C(Cl)N=C([C@@H]6C[C@H]7C[C@H]7N6C(=O)[C@@H](NC(=O)OC)C6CCOCC6)C5)ccc4c3)cc2)c(Cl)[nH]1)C(C)C. The van der Waals surface area contributed by atoms with E-state index < -0.39 is 24.3 Å². The number of nitrogens with one attached hydrogen (secondary N) is 3. The van der Waals surface area contributed by atoms with Crippen LogP contribution in [0.15, 0.2) is 70.8 Å². The predicted molar refractivity (Wildman–Crippen MR) is 247 cm³/mol. The summed E-state index contributed by atoms with van der Waals surface area (Å²) in [5, 5.41) is 8.58. The highest BCUT2D eigenvalue weighted by molar-refractivity contribution is 6.35. The number of methoxy groups -OCH3 is 2. The normalized spacial score (nSPS) is 25.6. The lowest BCUT2D eigenvalue weighted by atomic mass is 9.90. The molecule has 2 saturated carbocycles. The van der Waals surface area contributed by atoms with Gasteiger partial charge in [-0.3, -0.25) is 9.59 Å². The van der Waals surface area contributed by atoms with Crippen LogP contribution < -0.4 is 10.6 Å². The van der Waals surface area contributed by atoms with Crippen molar-refractivity contribution in [2.75, 3.05) is 27.4 Å². The van der Waals surface area contributed by atoms with Gasteiger partial charge in [0.15, 0.2) is 0 Å². The molecule has 14 nitrogen and oxygen atoms in total. The third-order valence-electron chi connectivity index (χ3n) is 14.5. The van der Waals surface area contributed by atoms with Gasteiger partial charge >= 0.3 is 12.2 Å². The number of alkyl carbamates (subject to hydrolysis) is 2. The number of piperidine rings is 2. The number of carbonyl (C=O) groups is 4. The fourth-order valence-corrected chi connectivity index (χ4v) is 11.3. The summed E-state index contributed by atoms with van der Waals surface area (Å²) in [6.07, 6.45) is 4.20. The van der Waals surface area contributed by atoms with Gasteiger partial charge in [0.25, 0.3) is 0 Å². The first kappa shape index (κ1) is 43.5. The molecule has 0 radical (unpaired) electrons. The van der Waals surface area contributed by atoms with E-state index in [-0.39, 0.29) is 47.8 Å². The zero-order valence-corrected chi connectivity index (χ0v) is 38.3. The number of benzene rings is 3. The third kappa shape index (κ3) is 8.26. The molecule has 5 fully saturated rings. The van der Waals surface area contributed by atoms with E-state index in [1.165, 1.54) is 14.2 Å². The van der Waals surface area contributed by atoms with Crippen LogP contribution in [0.4, 0.5) is 9.59 Å². The maximum atomic E-state index is 14.3. The average molecular weight is 923 g/mol. The maximum absolute atomic E-state index is 14.3. The minimum Gasteiger partial charge on any atom is -0.453 e. The molecule has 340 valence electrons. The largest absolute Gasteiger partial charge is 0.453 e. The molecule has 0 spiro atoms. The number of allylic oxidation sites excluding steroid dienone is 1. The van der Waals surface area contributed by atoms with E-state index in [0.29, 0.717) is 66.1 Å². The van der Waals surface area contributed by atoms with Gasteiger partial charge < -0.3 is 39.6 Å². The molecule has 16 heteroatoms. The number of imidazole rings is 1. The van der Waals surface area contributed by atoms with Crippen LogP contribution in [0.2, 0.25) is 5.15 Å². The molecule has 4 aliphatic heterocycles. The molecule has 6 aliphatic rings.